The molecule has 2 rings (SSSR count). The fraction of sp³-hybridized carbons (Fsp3) is 0.615. The number of carbonyl (C=O) groups is 1. The smallest absolute Gasteiger partial charge is 0.255 e. The third-order valence-corrected chi connectivity index (χ3v) is 3.51. The van der Waals surface area contributed by atoms with E-state index in [4.69, 9.17) is 9.52 Å². The van der Waals surface area contributed by atoms with Crippen molar-refractivity contribution < 1.29 is 19.4 Å². The van der Waals surface area contributed by atoms with Crippen LogP contribution >= 0.6 is 0 Å². The average Bonchev–Trinajstić information content (AvgIpc) is 2.81. The molecule has 0 radical (unpaired) electrons. The summed E-state index contributed by atoms with van der Waals surface area (Å²) in [7, 11) is 0. The lowest BCUT2D eigenvalue weighted by atomic mass is 10.1. The summed E-state index contributed by atoms with van der Waals surface area (Å²) in [5.41, 5.74) is 0.537. The van der Waals surface area contributed by atoms with E-state index in [0.717, 1.165) is 0 Å². The number of carbonyl (C=O) groups excluding carboxylic acids is 1. The SMILES string of the molecule is Cc1cc(C(=O)NC2CC(O)C(CO)C2)c(C)o1. The van der Waals surface area contributed by atoms with Gasteiger partial charge in [-0.25, -0.2) is 0 Å². The van der Waals surface area contributed by atoms with Crippen molar-refractivity contribution in [1.82, 2.24) is 5.32 Å². The van der Waals surface area contributed by atoms with E-state index in [9.17, 15) is 9.90 Å². The first-order valence-electron chi connectivity index (χ1n) is 6.18. The number of aliphatic hydroxyl groups excluding tert-OH is 2. The zero-order chi connectivity index (χ0) is 13.3. The predicted molar refractivity (Wildman–Crippen MR) is 65.3 cm³/mol. The molecule has 1 aromatic rings. The first-order chi connectivity index (χ1) is 8.51. The van der Waals surface area contributed by atoms with Gasteiger partial charge in [0.15, 0.2) is 0 Å². The Kier molecular flexibility index (Phi) is 3.73. The molecule has 1 aliphatic rings. The fourth-order valence-corrected chi connectivity index (χ4v) is 2.54. The molecule has 100 valence electrons. The van der Waals surface area contributed by atoms with Crippen molar-refractivity contribution in [3.05, 3.63) is 23.2 Å². The first kappa shape index (κ1) is 13.1. The van der Waals surface area contributed by atoms with Crippen LogP contribution in [0.5, 0.6) is 0 Å². The molecule has 3 atom stereocenters. The molecule has 1 heterocycles. The summed E-state index contributed by atoms with van der Waals surface area (Å²) in [5, 5.41) is 21.6. The summed E-state index contributed by atoms with van der Waals surface area (Å²) in [6.45, 7) is 3.50. The van der Waals surface area contributed by atoms with Crippen LogP contribution in [-0.4, -0.2) is 34.9 Å². The maximum Gasteiger partial charge on any atom is 0.255 e. The maximum absolute atomic E-state index is 12.0. The van der Waals surface area contributed by atoms with Gasteiger partial charge in [0.2, 0.25) is 0 Å². The zero-order valence-electron chi connectivity index (χ0n) is 10.6. The normalized spacial score (nSPS) is 27.4. The Morgan fingerprint density at radius 2 is 2.22 bits per heavy atom. The quantitative estimate of drug-likeness (QED) is 0.742. The topological polar surface area (TPSA) is 82.7 Å². The van der Waals surface area contributed by atoms with Crippen molar-refractivity contribution in [2.24, 2.45) is 5.92 Å². The number of furan rings is 1. The molecule has 0 saturated heterocycles. The molecule has 1 saturated carbocycles. The molecular weight excluding hydrogens is 234 g/mol. The van der Waals surface area contributed by atoms with Crippen LogP contribution in [0.1, 0.15) is 34.7 Å². The van der Waals surface area contributed by atoms with Gasteiger partial charge >= 0.3 is 0 Å². The second-order valence-corrected chi connectivity index (χ2v) is 4.98. The Morgan fingerprint density at radius 3 is 2.72 bits per heavy atom. The molecule has 18 heavy (non-hydrogen) atoms. The van der Waals surface area contributed by atoms with E-state index in [1.54, 1.807) is 19.9 Å². The van der Waals surface area contributed by atoms with Crippen LogP contribution in [0.3, 0.4) is 0 Å². The summed E-state index contributed by atoms with van der Waals surface area (Å²) in [6, 6.07) is 1.62. The average molecular weight is 253 g/mol. The van der Waals surface area contributed by atoms with Gasteiger partial charge in [0.25, 0.3) is 5.91 Å². The minimum absolute atomic E-state index is 0.0443. The van der Waals surface area contributed by atoms with E-state index in [0.29, 0.717) is 29.9 Å². The van der Waals surface area contributed by atoms with Gasteiger partial charge in [-0.2, -0.15) is 0 Å². The summed E-state index contributed by atoms with van der Waals surface area (Å²) in [4.78, 5) is 12.0. The van der Waals surface area contributed by atoms with E-state index in [1.165, 1.54) is 0 Å². The molecule has 0 aliphatic heterocycles. The minimum Gasteiger partial charge on any atom is -0.466 e. The van der Waals surface area contributed by atoms with Gasteiger partial charge in [-0.15, -0.1) is 0 Å². The Balaban J connectivity index is 1.99. The van der Waals surface area contributed by atoms with Crippen molar-refractivity contribution in [3.8, 4) is 0 Å². The van der Waals surface area contributed by atoms with Crippen molar-refractivity contribution >= 4 is 5.91 Å². The van der Waals surface area contributed by atoms with Crippen molar-refractivity contribution in [2.75, 3.05) is 6.61 Å². The lowest BCUT2D eigenvalue weighted by Crippen LogP contribution is -2.33. The second-order valence-electron chi connectivity index (χ2n) is 4.98. The molecule has 0 spiro atoms. The van der Waals surface area contributed by atoms with Gasteiger partial charge < -0.3 is 19.9 Å². The van der Waals surface area contributed by atoms with Crippen LogP contribution in [0.25, 0.3) is 0 Å². The van der Waals surface area contributed by atoms with Crippen molar-refractivity contribution in [1.29, 1.82) is 0 Å². The summed E-state index contributed by atoms with van der Waals surface area (Å²) in [5.74, 6) is 0.988. The molecule has 1 aromatic heterocycles. The van der Waals surface area contributed by atoms with E-state index in [1.807, 2.05) is 0 Å². The molecular formula is C13H19NO4. The lowest BCUT2D eigenvalue weighted by Gasteiger charge is -2.11. The molecule has 3 N–H and O–H groups in total. The van der Waals surface area contributed by atoms with Crippen LogP contribution in [0.2, 0.25) is 0 Å². The predicted octanol–water partition coefficient (Wildman–Crippen LogP) is 0.758. The van der Waals surface area contributed by atoms with Crippen LogP contribution in [0, 0.1) is 19.8 Å². The summed E-state index contributed by atoms with van der Waals surface area (Å²) >= 11 is 0. The number of nitrogens with one attached hydrogen (secondary N) is 1. The van der Waals surface area contributed by atoms with Crippen LogP contribution in [0.15, 0.2) is 10.5 Å². The Morgan fingerprint density at radius 1 is 1.50 bits per heavy atom. The molecule has 0 bridgehead atoms. The monoisotopic (exact) mass is 253 g/mol. The number of aryl methyl sites for hydroxylation is 2. The number of rotatable bonds is 3. The summed E-state index contributed by atoms with van der Waals surface area (Å²) in [6.07, 6.45) is 0.569. The highest BCUT2D eigenvalue weighted by Gasteiger charge is 2.33. The molecule has 1 fully saturated rings. The zero-order valence-corrected chi connectivity index (χ0v) is 10.6. The van der Waals surface area contributed by atoms with Gasteiger partial charge in [-0.05, 0) is 32.8 Å². The van der Waals surface area contributed by atoms with Crippen LogP contribution in [0.4, 0.5) is 0 Å². The maximum atomic E-state index is 12.0. The number of amides is 1. The minimum atomic E-state index is -0.535. The molecule has 5 nitrogen and oxygen atoms in total. The van der Waals surface area contributed by atoms with E-state index in [2.05, 4.69) is 5.32 Å². The van der Waals surface area contributed by atoms with Gasteiger partial charge in [0, 0.05) is 18.6 Å². The number of hydrogen-bond acceptors (Lipinski definition) is 4. The van der Waals surface area contributed by atoms with E-state index in [-0.39, 0.29) is 24.5 Å². The van der Waals surface area contributed by atoms with Crippen molar-refractivity contribution in [3.63, 3.8) is 0 Å². The lowest BCUT2D eigenvalue weighted by molar-refractivity contribution is 0.0903. The molecule has 5 heteroatoms. The fourth-order valence-electron chi connectivity index (χ4n) is 2.54. The molecule has 3 unspecified atom stereocenters. The third-order valence-electron chi connectivity index (χ3n) is 3.51. The Labute approximate surface area is 106 Å². The summed E-state index contributed by atoms with van der Waals surface area (Å²) < 4.78 is 5.31. The van der Waals surface area contributed by atoms with Gasteiger partial charge in [-0.3, -0.25) is 4.79 Å². The standard InChI is InChI=1S/C13H19NO4/c1-7-3-11(8(2)18-7)13(17)14-10-4-9(6-15)12(16)5-10/h3,9-10,12,15-16H,4-6H2,1-2H3,(H,14,17). The molecule has 0 aromatic carbocycles. The van der Waals surface area contributed by atoms with E-state index < -0.39 is 6.10 Å². The Hall–Kier alpha value is -1.33. The van der Waals surface area contributed by atoms with Gasteiger partial charge in [-0.1, -0.05) is 0 Å². The molecule has 1 amide bonds. The highest BCUT2D eigenvalue weighted by Crippen LogP contribution is 2.26. The molecule has 1 aliphatic carbocycles. The van der Waals surface area contributed by atoms with E-state index >= 15 is 0 Å². The first-order valence-corrected chi connectivity index (χ1v) is 6.18. The van der Waals surface area contributed by atoms with Crippen LogP contribution in [-0.2, 0) is 0 Å². The third kappa shape index (κ3) is 2.57. The highest BCUT2D eigenvalue weighted by atomic mass is 16.3. The van der Waals surface area contributed by atoms with Crippen LogP contribution < -0.4 is 5.32 Å². The number of aliphatic hydroxyl groups is 2. The van der Waals surface area contributed by atoms with Gasteiger partial charge in [0.05, 0.1) is 11.7 Å². The highest BCUT2D eigenvalue weighted by molar-refractivity contribution is 5.95. The largest absolute Gasteiger partial charge is 0.466 e. The second kappa shape index (κ2) is 5.12. The van der Waals surface area contributed by atoms with Gasteiger partial charge in [0.1, 0.15) is 11.5 Å². The number of hydrogen-bond donors (Lipinski definition) is 3. The Bertz CT molecular complexity index is 440. The van der Waals surface area contributed by atoms with Crippen molar-refractivity contribution in [2.45, 2.75) is 38.8 Å².